The van der Waals surface area contributed by atoms with Crippen molar-refractivity contribution in [3.05, 3.63) is 36.0 Å². The van der Waals surface area contributed by atoms with Crippen molar-refractivity contribution >= 4 is 5.91 Å². The highest BCUT2D eigenvalue weighted by molar-refractivity contribution is 5.90. The van der Waals surface area contributed by atoms with Gasteiger partial charge in [0.1, 0.15) is 5.82 Å². The fraction of sp³-hybridized carbons (Fsp3) is 0.500. The molecular weight excluding hydrogens is 323 g/mol. The summed E-state index contributed by atoms with van der Waals surface area (Å²) in [4.78, 5) is 16.6. The number of rotatable bonds is 3. The van der Waals surface area contributed by atoms with Gasteiger partial charge in [0.05, 0.1) is 0 Å². The highest BCUT2D eigenvalue weighted by Gasteiger charge is 2.38. The summed E-state index contributed by atoms with van der Waals surface area (Å²) in [5.41, 5.74) is 0.440. The Morgan fingerprint density at radius 1 is 1.20 bits per heavy atom. The van der Waals surface area contributed by atoms with E-state index >= 15 is 0 Å². The number of carbonyl (C=O) groups is 1. The quantitative estimate of drug-likeness (QED) is 0.893. The van der Waals surface area contributed by atoms with Crippen LogP contribution in [0, 0.1) is 5.82 Å². The smallest absolute Gasteiger partial charge is 0.316 e. The molecule has 1 aliphatic rings. The van der Waals surface area contributed by atoms with Crippen LogP contribution in [0.25, 0.3) is 11.4 Å². The van der Waals surface area contributed by atoms with Gasteiger partial charge in [0.15, 0.2) is 0 Å². The maximum Gasteiger partial charge on any atom is 0.316 e. The highest BCUT2D eigenvalue weighted by atomic mass is 19.1. The molecule has 0 unspecified atom stereocenters. The Morgan fingerprint density at radius 2 is 1.80 bits per heavy atom. The molecule has 0 aliphatic carbocycles. The molecule has 2 aromatic rings. The number of piperidine rings is 1. The minimum atomic E-state index is -0.389. The van der Waals surface area contributed by atoms with E-state index in [1.807, 2.05) is 0 Å². The van der Waals surface area contributed by atoms with Crippen LogP contribution in [0.5, 0.6) is 0 Å². The second-order valence-electron chi connectivity index (χ2n) is 7.90. The predicted molar refractivity (Wildman–Crippen MR) is 91.5 cm³/mol. The van der Waals surface area contributed by atoms with Gasteiger partial charge in [-0.2, -0.15) is 4.98 Å². The van der Waals surface area contributed by atoms with Gasteiger partial charge >= 0.3 is 11.8 Å². The van der Waals surface area contributed by atoms with Crippen molar-refractivity contribution in [3.8, 4) is 11.4 Å². The number of hydrogen-bond acceptors (Lipinski definition) is 5. The minimum Gasteiger partial charge on any atom is -0.345 e. The highest BCUT2D eigenvalue weighted by Crippen LogP contribution is 2.28. The van der Waals surface area contributed by atoms with E-state index in [-0.39, 0.29) is 40.6 Å². The molecule has 6 nitrogen and oxygen atoms in total. The summed E-state index contributed by atoms with van der Waals surface area (Å²) in [7, 11) is 0. The first-order valence-electron chi connectivity index (χ1n) is 8.33. The largest absolute Gasteiger partial charge is 0.345 e. The molecule has 1 saturated heterocycles. The number of halogens is 1. The molecule has 134 valence electrons. The molecule has 7 heteroatoms. The lowest BCUT2D eigenvalue weighted by molar-refractivity contribution is 0.0830. The van der Waals surface area contributed by atoms with Crippen LogP contribution in [0.2, 0.25) is 0 Å². The first-order chi connectivity index (χ1) is 11.6. The first-order valence-corrected chi connectivity index (χ1v) is 8.33. The van der Waals surface area contributed by atoms with Gasteiger partial charge in [0.2, 0.25) is 5.82 Å². The third-order valence-electron chi connectivity index (χ3n) is 4.25. The lowest BCUT2D eigenvalue weighted by Crippen LogP contribution is -2.62. The van der Waals surface area contributed by atoms with Gasteiger partial charge in [-0.3, -0.25) is 4.79 Å². The Kier molecular flexibility index (Phi) is 4.36. The molecule has 0 bridgehead atoms. The van der Waals surface area contributed by atoms with E-state index in [9.17, 15) is 9.18 Å². The molecular formula is C18H23FN4O2. The normalized spacial score (nSPS) is 19.6. The lowest BCUT2D eigenvalue weighted by Gasteiger charge is -2.46. The van der Waals surface area contributed by atoms with E-state index in [2.05, 4.69) is 48.5 Å². The third-order valence-corrected chi connectivity index (χ3v) is 4.25. The molecule has 1 aliphatic heterocycles. The number of aromatic nitrogens is 2. The summed E-state index contributed by atoms with van der Waals surface area (Å²) in [6.45, 7) is 8.47. The number of hydrogen-bond donors (Lipinski definition) is 2. The van der Waals surface area contributed by atoms with E-state index in [0.717, 1.165) is 12.8 Å². The Labute approximate surface area is 146 Å². The van der Waals surface area contributed by atoms with Crippen LogP contribution in [0.4, 0.5) is 4.39 Å². The number of carbonyl (C=O) groups excluding carboxylic acids is 1. The molecule has 1 amide bonds. The summed E-state index contributed by atoms with van der Waals surface area (Å²) in [5, 5.41) is 10.4. The van der Waals surface area contributed by atoms with Crippen LogP contribution in [0.1, 0.15) is 51.2 Å². The Morgan fingerprint density at radius 3 is 2.40 bits per heavy atom. The molecule has 2 heterocycles. The molecule has 0 spiro atoms. The van der Waals surface area contributed by atoms with Crippen molar-refractivity contribution in [1.29, 1.82) is 0 Å². The number of nitrogens with one attached hydrogen (secondary N) is 2. The van der Waals surface area contributed by atoms with Crippen molar-refractivity contribution in [2.75, 3.05) is 0 Å². The zero-order valence-corrected chi connectivity index (χ0v) is 14.9. The third kappa shape index (κ3) is 4.22. The van der Waals surface area contributed by atoms with Gasteiger partial charge < -0.3 is 15.2 Å². The number of amides is 1. The van der Waals surface area contributed by atoms with Crippen molar-refractivity contribution in [2.24, 2.45) is 0 Å². The van der Waals surface area contributed by atoms with E-state index in [1.54, 1.807) is 12.1 Å². The summed E-state index contributed by atoms with van der Waals surface area (Å²) in [6, 6.07) is 5.72. The SMILES string of the molecule is CC1(C)CC(NC(=O)c2nc(-c3ccc(F)cc3)no2)CC(C)(C)N1. The average molecular weight is 346 g/mol. The van der Waals surface area contributed by atoms with Crippen molar-refractivity contribution in [2.45, 2.75) is 57.7 Å². The van der Waals surface area contributed by atoms with Gasteiger partial charge in [0.25, 0.3) is 0 Å². The van der Waals surface area contributed by atoms with Crippen molar-refractivity contribution < 1.29 is 13.7 Å². The molecule has 0 saturated carbocycles. The second-order valence-corrected chi connectivity index (χ2v) is 7.90. The van der Waals surface area contributed by atoms with Gasteiger partial charge in [-0.1, -0.05) is 5.16 Å². The van der Waals surface area contributed by atoms with Crippen molar-refractivity contribution in [3.63, 3.8) is 0 Å². The Hall–Kier alpha value is -2.28. The minimum absolute atomic E-state index is 0.0138. The lowest BCUT2D eigenvalue weighted by atomic mass is 9.79. The summed E-state index contributed by atoms with van der Waals surface area (Å²) in [6.07, 6.45) is 1.61. The zero-order valence-electron chi connectivity index (χ0n) is 14.9. The maximum absolute atomic E-state index is 13.0. The average Bonchev–Trinajstić information content (AvgIpc) is 2.94. The molecule has 1 aromatic heterocycles. The molecule has 2 N–H and O–H groups in total. The van der Waals surface area contributed by atoms with Crippen LogP contribution >= 0.6 is 0 Å². The maximum atomic E-state index is 13.0. The predicted octanol–water partition coefficient (Wildman–Crippen LogP) is 2.91. The fourth-order valence-electron chi connectivity index (χ4n) is 3.70. The van der Waals surface area contributed by atoms with E-state index in [1.165, 1.54) is 12.1 Å². The van der Waals surface area contributed by atoms with E-state index in [0.29, 0.717) is 5.56 Å². The van der Waals surface area contributed by atoms with Crippen LogP contribution in [0.3, 0.4) is 0 Å². The van der Waals surface area contributed by atoms with Crippen LogP contribution in [-0.2, 0) is 0 Å². The fourth-order valence-corrected chi connectivity index (χ4v) is 3.70. The molecule has 0 atom stereocenters. The molecule has 1 fully saturated rings. The topological polar surface area (TPSA) is 80.1 Å². The van der Waals surface area contributed by atoms with Crippen LogP contribution < -0.4 is 10.6 Å². The Balaban J connectivity index is 1.71. The standard InChI is InChI=1S/C18H23FN4O2/c1-17(2)9-13(10-18(3,4)23-17)20-15(24)16-21-14(22-25-16)11-5-7-12(19)8-6-11/h5-8,13,23H,9-10H2,1-4H3,(H,20,24). The molecule has 25 heavy (non-hydrogen) atoms. The molecule has 3 rings (SSSR count). The van der Waals surface area contributed by atoms with Gasteiger partial charge in [-0.05, 0) is 64.8 Å². The van der Waals surface area contributed by atoms with Gasteiger partial charge in [-0.25, -0.2) is 4.39 Å². The summed E-state index contributed by atoms with van der Waals surface area (Å²) >= 11 is 0. The van der Waals surface area contributed by atoms with E-state index in [4.69, 9.17) is 4.52 Å². The van der Waals surface area contributed by atoms with Crippen LogP contribution in [0.15, 0.2) is 28.8 Å². The van der Waals surface area contributed by atoms with E-state index < -0.39 is 0 Å². The number of nitrogens with zero attached hydrogens (tertiary/aromatic N) is 2. The summed E-state index contributed by atoms with van der Waals surface area (Å²) < 4.78 is 18.1. The second kappa shape index (κ2) is 6.22. The Bertz CT molecular complexity index is 752. The molecule has 1 aromatic carbocycles. The van der Waals surface area contributed by atoms with Gasteiger partial charge in [0, 0.05) is 22.7 Å². The zero-order chi connectivity index (χ0) is 18.2. The summed E-state index contributed by atoms with van der Waals surface area (Å²) in [5.74, 6) is -0.565. The first kappa shape index (κ1) is 17.5. The van der Waals surface area contributed by atoms with Crippen molar-refractivity contribution in [1.82, 2.24) is 20.8 Å². The number of benzene rings is 1. The monoisotopic (exact) mass is 346 g/mol. The van der Waals surface area contributed by atoms with Gasteiger partial charge in [-0.15, -0.1) is 0 Å². The molecule has 0 radical (unpaired) electrons. The van der Waals surface area contributed by atoms with Crippen LogP contribution in [-0.4, -0.2) is 33.2 Å².